The molecule has 1 aromatic carbocycles. The molecule has 0 saturated carbocycles. The molecule has 1 aromatic rings. The Labute approximate surface area is 92.1 Å². The topological polar surface area (TPSA) is 12.0 Å². The summed E-state index contributed by atoms with van der Waals surface area (Å²) in [6.07, 6.45) is 0.260. The van der Waals surface area contributed by atoms with Gasteiger partial charge in [-0.25, -0.2) is 13.2 Å². The molecule has 1 aliphatic heterocycles. The molecule has 1 atom stereocenters. The number of nitrogens with one attached hydrogen (secondary N) is 1. The summed E-state index contributed by atoms with van der Waals surface area (Å²) >= 11 is 0. The van der Waals surface area contributed by atoms with Crippen LogP contribution in [-0.2, 0) is 5.67 Å². The zero-order chi connectivity index (χ0) is 10.2. The molecule has 0 aromatic heterocycles. The molecule has 0 bridgehead atoms. The number of benzene rings is 1. The first kappa shape index (κ1) is 12.3. The Balaban J connectivity index is 0.00000112. The first-order chi connectivity index (χ1) is 6.60. The molecule has 15 heavy (non-hydrogen) atoms. The Kier molecular flexibility index (Phi) is 3.62. The monoisotopic (exact) mass is 237 g/mol. The molecule has 0 aliphatic carbocycles. The lowest BCUT2D eigenvalue weighted by Gasteiger charge is -2.18. The van der Waals surface area contributed by atoms with E-state index in [0.717, 1.165) is 18.2 Å². The van der Waals surface area contributed by atoms with Crippen molar-refractivity contribution in [1.29, 1.82) is 0 Å². The highest BCUT2D eigenvalue weighted by atomic mass is 35.5. The quantitative estimate of drug-likeness (QED) is 0.792. The maximum atomic E-state index is 14.0. The van der Waals surface area contributed by atoms with Gasteiger partial charge in [0.15, 0.2) is 0 Å². The Morgan fingerprint density at radius 3 is 2.20 bits per heavy atom. The van der Waals surface area contributed by atoms with Crippen molar-refractivity contribution in [1.82, 2.24) is 5.32 Å². The predicted molar refractivity (Wildman–Crippen MR) is 53.9 cm³/mol. The van der Waals surface area contributed by atoms with Crippen molar-refractivity contribution in [2.24, 2.45) is 0 Å². The van der Waals surface area contributed by atoms with E-state index < -0.39 is 17.3 Å². The SMILES string of the molecule is Cl.Fc1cc(F)cc(C2(F)CCNC2)c1. The second-order valence-corrected chi connectivity index (χ2v) is 3.55. The van der Waals surface area contributed by atoms with Gasteiger partial charge in [0.2, 0.25) is 0 Å². The van der Waals surface area contributed by atoms with E-state index >= 15 is 0 Å². The zero-order valence-electron chi connectivity index (χ0n) is 7.90. The van der Waals surface area contributed by atoms with Crippen LogP contribution in [0.2, 0.25) is 0 Å². The van der Waals surface area contributed by atoms with Gasteiger partial charge in [-0.3, -0.25) is 0 Å². The van der Waals surface area contributed by atoms with Gasteiger partial charge in [-0.2, -0.15) is 0 Å². The Morgan fingerprint density at radius 1 is 1.13 bits per heavy atom. The fourth-order valence-electron chi connectivity index (χ4n) is 1.72. The third-order valence-electron chi connectivity index (χ3n) is 2.48. The van der Waals surface area contributed by atoms with Gasteiger partial charge in [-0.05, 0) is 30.7 Å². The van der Waals surface area contributed by atoms with Crippen molar-refractivity contribution in [3.63, 3.8) is 0 Å². The lowest BCUT2D eigenvalue weighted by molar-refractivity contribution is 0.192. The first-order valence-electron chi connectivity index (χ1n) is 4.46. The minimum atomic E-state index is -1.62. The van der Waals surface area contributed by atoms with Crippen LogP contribution in [0.1, 0.15) is 12.0 Å². The molecule has 84 valence electrons. The van der Waals surface area contributed by atoms with Crippen LogP contribution in [0.3, 0.4) is 0 Å². The molecule has 0 spiro atoms. The van der Waals surface area contributed by atoms with Crippen molar-refractivity contribution in [2.45, 2.75) is 12.1 Å². The Morgan fingerprint density at radius 2 is 1.73 bits per heavy atom. The molecule has 1 fully saturated rings. The molecule has 5 heteroatoms. The standard InChI is InChI=1S/C10H10F3N.ClH/c11-8-3-7(4-9(12)5-8)10(13)1-2-14-6-10;/h3-5,14H,1-2,6H2;1H. The first-order valence-corrected chi connectivity index (χ1v) is 4.46. The fraction of sp³-hybridized carbons (Fsp3) is 0.400. The van der Waals surface area contributed by atoms with Gasteiger partial charge in [0, 0.05) is 12.6 Å². The van der Waals surface area contributed by atoms with Crippen LogP contribution in [0, 0.1) is 11.6 Å². The van der Waals surface area contributed by atoms with Gasteiger partial charge in [0.1, 0.15) is 17.3 Å². The van der Waals surface area contributed by atoms with Crippen LogP contribution >= 0.6 is 12.4 Å². The van der Waals surface area contributed by atoms with Gasteiger partial charge in [-0.1, -0.05) is 0 Å². The summed E-state index contributed by atoms with van der Waals surface area (Å²) in [5.74, 6) is -1.46. The molecule has 1 saturated heterocycles. The summed E-state index contributed by atoms with van der Waals surface area (Å²) < 4.78 is 39.7. The van der Waals surface area contributed by atoms with Crippen LogP contribution in [0.5, 0.6) is 0 Å². The summed E-state index contributed by atoms with van der Waals surface area (Å²) in [5.41, 5.74) is -1.54. The smallest absolute Gasteiger partial charge is 0.149 e. The molecular formula is C10H11ClF3N. The van der Waals surface area contributed by atoms with Gasteiger partial charge >= 0.3 is 0 Å². The molecule has 1 heterocycles. The highest BCUT2D eigenvalue weighted by Gasteiger charge is 2.36. The lowest BCUT2D eigenvalue weighted by Crippen LogP contribution is -2.23. The molecule has 2 rings (SSSR count). The van der Waals surface area contributed by atoms with Gasteiger partial charge in [0.25, 0.3) is 0 Å². The summed E-state index contributed by atoms with van der Waals surface area (Å²) in [4.78, 5) is 0. The number of halogens is 4. The number of hydrogen-bond acceptors (Lipinski definition) is 1. The third kappa shape index (κ3) is 2.44. The molecule has 0 radical (unpaired) electrons. The van der Waals surface area contributed by atoms with Crippen molar-refractivity contribution < 1.29 is 13.2 Å². The van der Waals surface area contributed by atoms with Crippen LogP contribution in [0.15, 0.2) is 18.2 Å². The van der Waals surface area contributed by atoms with Crippen LogP contribution < -0.4 is 5.32 Å². The Hall–Kier alpha value is -0.740. The van der Waals surface area contributed by atoms with Crippen molar-refractivity contribution >= 4 is 12.4 Å². The second-order valence-electron chi connectivity index (χ2n) is 3.55. The maximum absolute atomic E-state index is 14.0. The van der Waals surface area contributed by atoms with Crippen molar-refractivity contribution in [3.8, 4) is 0 Å². The molecular weight excluding hydrogens is 227 g/mol. The van der Waals surface area contributed by atoms with Gasteiger partial charge < -0.3 is 5.32 Å². The van der Waals surface area contributed by atoms with Crippen molar-refractivity contribution in [2.75, 3.05) is 13.1 Å². The molecule has 1 nitrogen and oxygen atoms in total. The number of alkyl halides is 1. The summed E-state index contributed by atoms with van der Waals surface area (Å²) in [6.45, 7) is 0.657. The largest absolute Gasteiger partial charge is 0.313 e. The molecule has 1 N–H and O–H groups in total. The minimum Gasteiger partial charge on any atom is -0.313 e. The van der Waals surface area contributed by atoms with Crippen molar-refractivity contribution in [3.05, 3.63) is 35.4 Å². The van der Waals surface area contributed by atoms with E-state index in [9.17, 15) is 13.2 Å². The summed E-state index contributed by atoms with van der Waals surface area (Å²) in [6, 6.07) is 2.85. The fourth-order valence-corrected chi connectivity index (χ4v) is 1.72. The normalized spacial score (nSPS) is 25.0. The third-order valence-corrected chi connectivity index (χ3v) is 2.48. The van der Waals surface area contributed by atoms with E-state index in [1.54, 1.807) is 0 Å². The minimum absolute atomic E-state index is 0. The highest BCUT2D eigenvalue weighted by Crippen LogP contribution is 2.32. The van der Waals surface area contributed by atoms with E-state index in [1.165, 1.54) is 0 Å². The molecule has 1 unspecified atom stereocenters. The van der Waals surface area contributed by atoms with Gasteiger partial charge in [0.05, 0.1) is 0 Å². The van der Waals surface area contributed by atoms with E-state index in [-0.39, 0.29) is 30.9 Å². The van der Waals surface area contributed by atoms with Crippen LogP contribution in [0.4, 0.5) is 13.2 Å². The van der Waals surface area contributed by atoms with Crippen LogP contribution in [0.25, 0.3) is 0 Å². The number of rotatable bonds is 1. The summed E-state index contributed by atoms with van der Waals surface area (Å²) in [7, 11) is 0. The summed E-state index contributed by atoms with van der Waals surface area (Å²) in [5, 5.41) is 2.83. The van der Waals surface area contributed by atoms with E-state index in [1.807, 2.05) is 0 Å². The highest BCUT2D eigenvalue weighted by molar-refractivity contribution is 5.85. The molecule has 0 amide bonds. The van der Waals surface area contributed by atoms with E-state index in [2.05, 4.69) is 5.32 Å². The lowest BCUT2D eigenvalue weighted by atomic mass is 9.95. The van der Waals surface area contributed by atoms with Crippen LogP contribution in [-0.4, -0.2) is 13.1 Å². The molecule has 1 aliphatic rings. The number of hydrogen-bond donors (Lipinski definition) is 1. The van der Waals surface area contributed by atoms with E-state index in [4.69, 9.17) is 0 Å². The predicted octanol–water partition coefficient (Wildman–Crippen LogP) is 2.54. The second kappa shape index (κ2) is 4.41. The Bertz CT molecular complexity index is 330. The average molecular weight is 238 g/mol. The van der Waals surface area contributed by atoms with E-state index in [0.29, 0.717) is 6.54 Å². The maximum Gasteiger partial charge on any atom is 0.149 e. The zero-order valence-corrected chi connectivity index (χ0v) is 8.71. The average Bonchev–Trinajstić information content (AvgIpc) is 2.52. The van der Waals surface area contributed by atoms with Gasteiger partial charge in [-0.15, -0.1) is 12.4 Å².